The van der Waals surface area contributed by atoms with Crippen molar-refractivity contribution >= 4 is 0 Å². The minimum Gasteiger partial charge on any atom is -0.388 e. The van der Waals surface area contributed by atoms with Crippen molar-refractivity contribution in [2.75, 3.05) is 6.61 Å². The van der Waals surface area contributed by atoms with Crippen LogP contribution in [0.3, 0.4) is 0 Å². The largest absolute Gasteiger partial charge is 0.388 e. The van der Waals surface area contributed by atoms with Crippen molar-refractivity contribution in [1.29, 1.82) is 0 Å². The zero-order chi connectivity index (χ0) is 7.72. The fourth-order valence-corrected chi connectivity index (χ4v) is 0.791. The smallest absolute Gasteiger partial charge is 0.183 e. The molecule has 0 bridgehead atoms. The van der Waals surface area contributed by atoms with Gasteiger partial charge in [0, 0.05) is 0 Å². The van der Waals surface area contributed by atoms with Crippen LogP contribution in [0, 0.1) is 0 Å². The number of hydrogen-bond donors (Lipinski definition) is 4. The summed E-state index contributed by atoms with van der Waals surface area (Å²) in [4.78, 5) is 0. The van der Waals surface area contributed by atoms with Gasteiger partial charge in [0.1, 0.15) is 18.3 Å². The summed E-state index contributed by atoms with van der Waals surface area (Å²) in [7, 11) is 0. The number of hydrogen-bond acceptors (Lipinski definition) is 5. The van der Waals surface area contributed by atoms with Gasteiger partial charge < -0.3 is 25.2 Å². The first-order valence-corrected chi connectivity index (χ1v) is 2.97. The standard InChI is InChI=1S/C5H10O5/c6-2-1-10-5(9)4(8)3(2)7/h2-9H,1H2/t2-,3+,4?,5+/m1/s1. The molecule has 5 nitrogen and oxygen atoms in total. The third-order valence-corrected chi connectivity index (χ3v) is 1.47. The maximum Gasteiger partial charge on any atom is 0.183 e. The van der Waals surface area contributed by atoms with E-state index < -0.39 is 24.6 Å². The van der Waals surface area contributed by atoms with Crippen LogP contribution in [0.25, 0.3) is 0 Å². The lowest BCUT2D eigenvalue weighted by Gasteiger charge is -2.31. The van der Waals surface area contributed by atoms with Crippen LogP contribution >= 0.6 is 0 Å². The Morgan fingerprint density at radius 3 is 2.10 bits per heavy atom. The molecule has 0 spiro atoms. The number of rotatable bonds is 0. The summed E-state index contributed by atoms with van der Waals surface area (Å²) in [6, 6.07) is 0. The normalized spacial score (nSPS) is 49.2. The molecule has 1 unspecified atom stereocenters. The zero-order valence-corrected chi connectivity index (χ0v) is 5.21. The van der Waals surface area contributed by atoms with Crippen molar-refractivity contribution in [2.24, 2.45) is 0 Å². The van der Waals surface area contributed by atoms with E-state index >= 15 is 0 Å². The van der Waals surface area contributed by atoms with Gasteiger partial charge in [-0.05, 0) is 0 Å². The van der Waals surface area contributed by atoms with Crippen LogP contribution in [0.5, 0.6) is 0 Å². The molecule has 0 aromatic rings. The third kappa shape index (κ3) is 1.28. The van der Waals surface area contributed by atoms with Crippen LogP contribution in [0.1, 0.15) is 0 Å². The monoisotopic (exact) mass is 150 g/mol. The molecule has 0 aromatic heterocycles. The van der Waals surface area contributed by atoms with Gasteiger partial charge in [-0.25, -0.2) is 0 Å². The first-order chi connectivity index (χ1) is 4.63. The lowest BCUT2D eigenvalue weighted by atomic mass is 10.1. The Morgan fingerprint density at radius 1 is 1.00 bits per heavy atom. The lowest BCUT2D eigenvalue weighted by molar-refractivity contribution is -0.252. The number of aliphatic hydroxyl groups is 4. The highest BCUT2D eigenvalue weighted by atomic mass is 16.6. The van der Waals surface area contributed by atoms with Gasteiger partial charge in [-0.3, -0.25) is 0 Å². The summed E-state index contributed by atoms with van der Waals surface area (Å²) in [6.45, 7) is -0.153. The summed E-state index contributed by atoms with van der Waals surface area (Å²) < 4.78 is 4.47. The Labute approximate surface area is 57.5 Å². The highest BCUT2D eigenvalue weighted by Gasteiger charge is 2.36. The van der Waals surface area contributed by atoms with Crippen molar-refractivity contribution in [3.63, 3.8) is 0 Å². The highest BCUT2D eigenvalue weighted by Crippen LogP contribution is 2.12. The molecule has 1 fully saturated rings. The molecule has 5 heteroatoms. The van der Waals surface area contributed by atoms with Crippen LogP contribution < -0.4 is 0 Å². The lowest BCUT2D eigenvalue weighted by Crippen LogP contribution is -2.52. The summed E-state index contributed by atoms with van der Waals surface area (Å²) in [5.74, 6) is 0. The van der Waals surface area contributed by atoms with E-state index in [1.54, 1.807) is 0 Å². The highest BCUT2D eigenvalue weighted by molar-refractivity contribution is 4.81. The van der Waals surface area contributed by atoms with Gasteiger partial charge in [-0.15, -0.1) is 0 Å². The van der Waals surface area contributed by atoms with Gasteiger partial charge >= 0.3 is 0 Å². The van der Waals surface area contributed by atoms with Gasteiger partial charge in [0.15, 0.2) is 6.29 Å². The summed E-state index contributed by atoms with van der Waals surface area (Å²) in [5.41, 5.74) is 0. The zero-order valence-electron chi connectivity index (χ0n) is 5.21. The van der Waals surface area contributed by atoms with E-state index in [0.29, 0.717) is 0 Å². The SMILES string of the molecule is OC1[C@@H](O)[C@H](O)CO[C@@H]1O. The number of ether oxygens (including phenoxy) is 1. The summed E-state index contributed by atoms with van der Waals surface area (Å²) in [6.07, 6.45) is -5.23. The molecule has 60 valence electrons. The van der Waals surface area contributed by atoms with E-state index in [1.807, 2.05) is 0 Å². The van der Waals surface area contributed by atoms with Crippen molar-refractivity contribution in [3.8, 4) is 0 Å². The fourth-order valence-electron chi connectivity index (χ4n) is 0.791. The third-order valence-electron chi connectivity index (χ3n) is 1.47. The van der Waals surface area contributed by atoms with E-state index in [9.17, 15) is 0 Å². The molecule has 1 saturated heterocycles. The minimum atomic E-state index is -1.41. The van der Waals surface area contributed by atoms with Gasteiger partial charge in [0.05, 0.1) is 6.61 Å². The van der Waals surface area contributed by atoms with E-state index in [4.69, 9.17) is 20.4 Å². The van der Waals surface area contributed by atoms with Gasteiger partial charge in [-0.1, -0.05) is 0 Å². The van der Waals surface area contributed by atoms with Crippen molar-refractivity contribution < 1.29 is 25.2 Å². The van der Waals surface area contributed by atoms with E-state index in [-0.39, 0.29) is 6.61 Å². The van der Waals surface area contributed by atoms with E-state index in [2.05, 4.69) is 4.74 Å². The molecule has 4 atom stereocenters. The van der Waals surface area contributed by atoms with Crippen molar-refractivity contribution in [2.45, 2.75) is 24.6 Å². The van der Waals surface area contributed by atoms with Crippen molar-refractivity contribution in [3.05, 3.63) is 0 Å². The second-order valence-corrected chi connectivity index (χ2v) is 2.27. The molecule has 10 heavy (non-hydrogen) atoms. The predicted molar refractivity (Wildman–Crippen MR) is 30.0 cm³/mol. The molecule has 1 heterocycles. The molecule has 1 aliphatic rings. The average Bonchev–Trinajstić information content (AvgIpc) is 1.93. The molecular formula is C5H10O5. The molecule has 0 amide bonds. The van der Waals surface area contributed by atoms with Gasteiger partial charge in [0.25, 0.3) is 0 Å². The fraction of sp³-hybridized carbons (Fsp3) is 1.00. The molecule has 4 N–H and O–H groups in total. The van der Waals surface area contributed by atoms with Crippen LogP contribution in [0.15, 0.2) is 0 Å². The molecule has 1 aliphatic heterocycles. The second-order valence-electron chi connectivity index (χ2n) is 2.27. The van der Waals surface area contributed by atoms with Crippen LogP contribution in [0.4, 0.5) is 0 Å². The average molecular weight is 150 g/mol. The molecule has 0 aromatic carbocycles. The predicted octanol–water partition coefficient (Wildman–Crippen LogP) is -2.58. The first-order valence-electron chi connectivity index (χ1n) is 2.97. The van der Waals surface area contributed by atoms with Crippen LogP contribution in [-0.4, -0.2) is 51.6 Å². The minimum absolute atomic E-state index is 0.153. The topological polar surface area (TPSA) is 90.2 Å². The maximum absolute atomic E-state index is 8.88. The Hall–Kier alpha value is -0.200. The maximum atomic E-state index is 8.88. The van der Waals surface area contributed by atoms with Crippen LogP contribution in [0.2, 0.25) is 0 Å². The van der Waals surface area contributed by atoms with E-state index in [0.717, 1.165) is 0 Å². The molecular weight excluding hydrogens is 140 g/mol. The summed E-state index contributed by atoms with van der Waals surface area (Å²) in [5, 5.41) is 35.3. The Bertz CT molecular complexity index is 103. The Kier molecular flexibility index (Phi) is 2.22. The molecule has 0 radical (unpaired) electrons. The first kappa shape index (κ1) is 7.90. The van der Waals surface area contributed by atoms with Gasteiger partial charge in [0.2, 0.25) is 0 Å². The Morgan fingerprint density at radius 2 is 1.60 bits per heavy atom. The second kappa shape index (κ2) is 2.81. The molecule has 1 rings (SSSR count). The Balaban J connectivity index is 2.52. The number of aliphatic hydroxyl groups excluding tert-OH is 4. The molecule has 0 aliphatic carbocycles. The summed E-state index contributed by atoms with van der Waals surface area (Å²) >= 11 is 0. The quantitative estimate of drug-likeness (QED) is 0.304. The van der Waals surface area contributed by atoms with Crippen molar-refractivity contribution in [1.82, 2.24) is 0 Å². The van der Waals surface area contributed by atoms with Crippen LogP contribution in [-0.2, 0) is 4.74 Å². The van der Waals surface area contributed by atoms with E-state index in [1.165, 1.54) is 0 Å². The molecule has 0 saturated carbocycles. The van der Waals surface area contributed by atoms with Gasteiger partial charge in [-0.2, -0.15) is 0 Å².